The minimum absolute atomic E-state index is 0.0346. The van der Waals surface area contributed by atoms with Gasteiger partial charge >= 0.3 is 5.69 Å². The lowest BCUT2D eigenvalue weighted by atomic mass is 9.93. The van der Waals surface area contributed by atoms with Gasteiger partial charge in [0.2, 0.25) is 0 Å². The van der Waals surface area contributed by atoms with Crippen LogP contribution < -0.4 is 16.6 Å². The van der Waals surface area contributed by atoms with Crippen molar-refractivity contribution in [3.8, 4) is 0 Å². The molecule has 1 fully saturated rings. The average Bonchev–Trinajstić information content (AvgIpc) is 2.40. The maximum Gasteiger partial charge on any atom is 0.330 e. The summed E-state index contributed by atoms with van der Waals surface area (Å²) in [5, 5.41) is 2.97. The summed E-state index contributed by atoms with van der Waals surface area (Å²) in [5.41, 5.74) is 0.194. The largest absolute Gasteiger partial charge is 0.367 e. The highest BCUT2D eigenvalue weighted by molar-refractivity contribution is 5.33. The molecular formula is C15H16FN3O2. The number of hydrogen-bond acceptors (Lipinski definition) is 3. The van der Waals surface area contributed by atoms with Crippen LogP contribution >= 0.6 is 0 Å². The zero-order valence-corrected chi connectivity index (χ0v) is 11.4. The van der Waals surface area contributed by atoms with E-state index in [-0.39, 0.29) is 23.1 Å². The molecule has 2 aromatic rings. The van der Waals surface area contributed by atoms with Gasteiger partial charge in [-0.05, 0) is 37.0 Å². The Morgan fingerprint density at radius 1 is 1.24 bits per heavy atom. The highest BCUT2D eigenvalue weighted by atomic mass is 19.1. The Hall–Kier alpha value is -2.37. The Morgan fingerprint density at radius 3 is 2.52 bits per heavy atom. The van der Waals surface area contributed by atoms with Crippen molar-refractivity contribution in [3.05, 3.63) is 62.6 Å². The third-order valence-corrected chi connectivity index (χ3v) is 3.80. The molecule has 0 aliphatic heterocycles. The first-order valence-electron chi connectivity index (χ1n) is 6.97. The molecule has 0 saturated heterocycles. The first kappa shape index (κ1) is 13.6. The van der Waals surface area contributed by atoms with Crippen LogP contribution in [0.5, 0.6) is 0 Å². The number of rotatable bonds is 4. The molecule has 1 heterocycles. The zero-order valence-electron chi connectivity index (χ0n) is 11.4. The molecule has 0 amide bonds. The van der Waals surface area contributed by atoms with Gasteiger partial charge in [-0.1, -0.05) is 12.1 Å². The summed E-state index contributed by atoms with van der Waals surface area (Å²) in [6.07, 6.45) is 2.82. The highest BCUT2D eigenvalue weighted by Crippen LogP contribution is 2.28. The lowest BCUT2D eigenvalue weighted by Gasteiger charge is -2.26. The standard InChI is InChI=1S/C15H16FN3O2/c16-11-6-4-10(5-7-11)9-17-13-8-14(20)19(15(21)18-13)12-2-1-3-12/h4-8,12,17H,1-3,9H2,(H,18,21). The van der Waals surface area contributed by atoms with Crippen molar-refractivity contribution in [1.29, 1.82) is 0 Å². The van der Waals surface area contributed by atoms with Crippen LogP contribution in [0.25, 0.3) is 0 Å². The second-order valence-corrected chi connectivity index (χ2v) is 5.26. The molecule has 1 aliphatic rings. The summed E-state index contributed by atoms with van der Waals surface area (Å²) in [4.78, 5) is 26.6. The van der Waals surface area contributed by atoms with Crippen LogP contribution in [0.4, 0.5) is 10.2 Å². The molecule has 1 aromatic carbocycles. The number of hydrogen-bond donors (Lipinski definition) is 2. The number of nitrogens with one attached hydrogen (secondary N) is 2. The third-order valence-electron chi connectivity index (χ3n) is 3.80. The Morgan fingerprint density at radius 2 is 1.95 bits per heavy atom. The number of nitrogens with zero attached hydrogens (tertiary/aromatic N) is 1. The third kappa shape index (κ3) is 2.89. The number of aromatic amines is 1. The normalized spacial score (nSPS) is 14.7. The fraction of sp³-hybridized carbons (Fsp3) is 0.333. The predicted octanol–water partition coefficient (Wildman–Crippen LogP) is 2.01. The van der Waals surface area contributed by atoms with E-state index < -0.39 is 0 Å². The van der Waals surface area contributed by atoms with Gasteiger partial charge in [0.05, 0.1) is 0 Å². The molecule has 0 radical (unpaired) electrons. The Kier molecular flexibility index (Phi) is 3.60. The molecule has 0 atom stereocenters. The fourth-order valence-electron chi connectivity index (χ4n) is 2.39. The minimum Gasteiger partial charge on any atom is -0.367 e. The van der Waals surface area contributed by atoms with Gasteiger partial charge in [-0.25, -0.2) is 9.18 Å². The second-order valence-electron chi connectivity index (χ2n) is 5.26. The number of aromatic nitrogens is 2. The van der Waals surface area contributed by atoms with E-state index >= 15 is 0 Å². The quantitative estimate of drug-likeness (QED) is 0.905. The summed E-state index contributed by atoms with van der Waals surface area (Å²) in [6.45, 7) is 0.406. The first-order valence-corrected chi connectivity index (χ1v) is 6.97. The molecule has 1 aromatic heterocycles. The van der Waals surface area contributed by atoms with E-state index in [0.717, 1.165) is 24.8 Å². The molecular weight excluding hydrogens is 273 g/mol. The maximum absolute atomic E-state index is 12.8. The summed E-state index contributed by atoms with van der Waals surface area (Å²) in [5.74, 6) is 0.0835. The molecule has 1 aliphatic carbocycles. The van der Waals surface area contributed by atoms with Crippen molar-refractivity contribution in [2.75, 3.05) is 5.32 Å². The van der Waals surface area contributed by atoms with Crippen LogP contribution in [-0.4, -0.2) is 9.55 Å². The Labute approximate surface area is 120 Å². The number of halogens is 1. The van der Waals surface area contributed by atoms with Crippen molar-refractivity contribution < 1.29 is 4.39 Å². The number of benzene rings is 1. The second kappa shape index (κ2) is 5.55. The van der Waals surface area contributed by atoms with Gasteiger partial charge in [-0.15, -0.1) is 0 Å². The zero-order chi connectivity index (χ0) is 14.8. The van der Waals surface area contributed by atoms with Crippen LogP contribution in [0, 0.1) is 5.82 Å². The van der Waals surface area contributed by atoms with Gasteiger partial charge < -0.3 is 5.32 Å². The van der Waals surface area contributed by atoms with Gasteiger partial charge in [0.15, 0.2) is 0 Å². The SMILES string of the molecule is O=c1cc(NCc2ccc(F)cc2)[nH]c(=O)n1C1CCC1. The van der Waals surface area contributed by atoms with E-state index in [0.29, 0.717) is 12.4 Å². The molecule has 0 unspecified atom stereocenters. The van der Waals surface area contributed by atoms with Crippen LogP contribution in [0.1, 0.15) is 30.9 Å². The monoisotopic (exact) mass is 289 g/mol. The van der Waals surface area contributed by atoms with Crippen molar-refractivity contribution in [1.82, 2.24) is 9.55 Å². The lowest BCUT2D eigenvalue weighted by Crippen LogP contribution is -2.40. The maximum atomic E-state index is 12.8. The molecule has 0 bridgehead atoms. The molecule has 1 saturated carbocycles. The lowest BCUT2D eigenvalue weighted by molar-refractivity contribution is 0.296. The van der Waals surface area contributed by atoms with E-state index in [1.807, 2.05) is 0 Å². The molecule has 0 spiro atoms. The molecule has 6 heteroatoms. The predicted molar refractivity (Wildman–Crippen MR) is 77.9 cm³/mol. The van der Waals surface area contributed by atoms with Gasteiger partial charge in [0.25, 0.3) is 5.56 Å². The number of anilines is 1. The average molecular weight is 289 g/mol. The minimum atomic E-state index is -0.381. The summed E-state index contributed by atoms with van der Waals surface area (Å²) >= 11 is 0. The van der Waals surface area contributed by atoms with Crippen molar-refractivity contribution in [2.45, 2.75) is 31.8 Å². The first-order chi connectivity index (χ1) is 10.1. The topological polar surface area (TPSA) is 66.9 Å². The van der Waals surface area contributed by atoms with Gasteiger partial charge in [-0.3, -0.25) is 14.3 Å². The highest BCUT2D eigenvalue weighted by Gasteiger charge is 2.22. The van der Waals surface area contributed by atoms with Gasteiger partial charge in [0, 0.05) is 18.7 Å². The summed E-state index contributed by atoms with van der Waals surface area (Å²) in [6, 6.07) is 7.46. The fourth-order valence-corrected chi connectivity index (χ4v) is 2.39. The summed E-state index contributed by atoms with van der Waals surface area (Å²) in [7, 11) is 0. The van der Waals surface area contributed by atoms with Gasteiger partial charge in [-0.2, -0.15) is 0 Å². The molecule has 110 valence electrons. The molecule has 21 heavy (non-hydrogen) atoms. The van der Waals surface area contributed by atoms with Crippen LogP contribution in [0.2, 0.25) is 0 Å². The smallest absolute Gasteiger partial charge is 0.330 e. The van der Waals surface area contributed by atoms with E-state index in [9.17, 15) is 14.0 Å². The Bertz CT molecular complexity index is 713. The molecule has 5 nitrogen and oxygen atoms in total. The van der Waals surface area contributed by atoms with E-state index in [1.165, 1.54) is 22.8 Å². The van der Waals surface area contributed by atoms with Crippen molar-refractivity contribution in [2.24, 2.45) is 0 Å². The Balaban J connectivity index is 1.75. The van der Waals surface area contributed by atoms with E-state index in [2.05, 4.69) is 10.3 Å². The summed E-state index contributed by atoms with van der Waals surface area (Å²) < 4.78 is 14.1. The molecule has 2 N–H and O–H groups in total. The van der Waals surface area contributed by atoms with Crippen LogP contribution in [-0.2, 0) is 6.54 Å². The van der Waals surface area contributed by atoms with Crippen LogP contribution in [0.15, 0.2) is 39.9 Å². The van der Waals surface area contributed by atoms with Gasteiger partial charge in [0.1, 0.15) is 11.6 Å². The van der Waals surface area contributed by atoms with Crippen molar-refractivity contribution >= 4 is 5.82 Å². The van der Waals surface area contributed by atoms with E-state index in [1.54, 1.807) is 12.1 Å². The van der Waals surface area contributed by atoms with Crippen molar-refractivity contribution in [3.63, 3.8) is 0 Å². The molecule has 3 rings (SSSR count). The van der Waals surface area contributed by atoms with Crippen LogP contribution in [0.3, 0.4) is 0 Å². The van der Waals surface area contributed by atoms with E-state index in [4.69, 9.17) is 0 Å². The number of H-pyrrole nitrogens is 1.